The lowest BCUT2D eigenvalue weighted by atomic mass is 10.3. The van der Waals surface area contributed by atoms with E-state index in [4.69, 9.17) is 9.47 Å². The minimum atomic E-state index is -0.182. The van der Waals surface area contributed by atoms with Crippen molar-refractivity contribution >= 4 is 17.5 Å². The van der Waals surface area contributed by atoms with Gasteiger partial charge >= 0.3 is 6.03 Å². The van der Waals surface area contributed by atoms with E-state index in [1.807, 2.05) is 36.4 Å². The van der Waals surface area contributed by atoms with Gasteiger partial charge in [0.1, 0.15) is 23.9 Å². The van der Waals surface area contributed by atoms with Gasteiger partial charge in [0.2, 0.25) is 0 Å². The van der Waals surface area contributed by atoms with Crippen molar-refractivity contribution in [3.05, 3.63) is 42.6 Å². The molecule has 25 heavy (non-hydrogen) atoms. The molecule has 2 aromatic rings. The predicted molar refractivity (Wildman–Crippen MR) is 96.4 cm³/mol. The Bertz CT molecular complexity index is 684. The van der Waals surface area contributed by atoms with Crippen LogP contribution < -0.4 is 25.4 Å². The smallest absolute Gasteiger partial charge is 0.319 e. The molecule has 0 atom stereocenters. The second-order valence-corrected chi connectivity index (χ2v) is 5.76. The summed E-state index contributed by atoms with van der Waals surface area (Å²) in [7, 11) is 1.63. The van der Waals surface area contributed by atoms with Gasteiger partial charge in [0.25, 0.3) is 0 Å². The van der Waals surface area contributed by atoms with Crippen molar-refractivity contribution in [3.63, 3.8) is 0 Å². The highest BCUT2D eigenvalue weighted by Gasteiger charge is 2.23. The Morgan fingerprint density at radius 3 is 2.56 bits per heavy atom. The highest BCUT2D eigenvalue weighted by Crippen LogP contribution is 2.19. The maximum absolute atomic E-state index is 11.6. The van der Waals surface area contributed by atoms with Crippen LogP contribution in [-0.2, 0) is 0 Å². The monoisotopic (exact) mass is 342 g/mol. The molecule has 0 unspecified atom stereocenters. The van der Waals surface area contributed by atoms with Crippen molar-refractivity contribution in [1.29, 1.82) is 0 Å². The van der Waals surface area contributed by atoms with Gasteiger partial charge in [-0.05, 0) is 49.2 Å². The topological polar surface area (TPSA) is 84.5 Å². The first-order chi connectivity index (χ1) is 12.2. The van der Waals surface area contributed by atoms with E-state index in [1.165, 1.54) is 0 Å². The van der Waals surface area contributed by atoms with Gasteiger partial charge < -0.3 is 25.4 Å². The summed E-state index contributed by atoms with van der Waals surface area (Å²) in [5.41, 5.74) is 0.665. The number of rotatable bonds is 8. The van der Waals surface area contributed by atoms with E-state index in [0.717, 1.165) is 30.2 Å². The Morgan fingerprint density at radius 2 is 1.92 bits per heavy atom. The van der Waals surface area contributed by atoms with Gasteiger partial charge in [-0.2, -0.15) is 0 Å². The lowest BCUT2D eigenvalue weighted by Gasteiger charge is -2.10. The van der Waals surface area contributed by atoms with E-state index in [2.05, 4.69) is 20.9 Å². The van der Waals surface area contributed by atoms with Crippen molar-refractivity contribution in [2.75, 3.05) is 30.9 Å². The number of amides is 2. The fourth-order valence-corrected chi connectivity index (χ4v) is 2.17. The minimum absolute atomic E-state index is 0.182. The van der Waals surface area contributed by atoms with E-state index >= 15 is 0 Å². The Labute approximate surface area is 146 Å². The molecule has 1 aliphatic carbocycles. The van der Waals surface area contributed by atoms with Gasteiger partial charge in [0.15, 0.2) is 0 Å². The number of hydrogen-bond donors (Lipinski definition) is 3. The van der Waals surface area contributed by atoms with Crippen molar-refractivity contribution in [2.24, 2.45) is 0 Å². The summed E-state index contributed by atoms with van der Waals surface area (Å²) in [5, 5.41) is 8.80. The van der Waals surface area contributed by atoms with Crippen molar-refractivity contribution in [3.8, 4) is 11.5 Å². The van der Waals surface area contributed by atoms with E-state index < -0.39 is 0 Å². The predicted octanol–water partition coefficient (Wildman–Crippen LogP) is 2.87. The molecule has 1 aliphatic rings. The molecule has 3 rings (SSSR count). The molecule has 1 saturated carbocycles. The molecule has 0 bridgehead atoms. The van der Waals surface area contributed by atoms with Crippen LogP contribution in [0.2, 0.25) is 0 Å². The highest BCUT2D eigenvalue weighted by molar-refractivity contribution is 5.89. The van der Waals surface area contributed by atoms with Crippen molar-refractivity contribution in [2.45, 2.75) is 18.9 Å². The van der Waals surface area contributed by atoms with Gasteiger partial charge in [0, 0.05) is 6.04 Å². The van der Waals surface area contributed by atoms with E-state index in [9.17, 15) is 4.79 Å². The van der Waals surface area contributed by atoms with Crippen molar-refractivity contribution in [1.82, 2.24) is 10.3 Å². The van der Waals surface area contributed by atoms with Crippen LogP contribution in [0.25, 0.3) is 0 Å². The van der Waals surface area contributed by atoms with Crippen LogP contribution in [0.5, 0.6) is 11.5 Å². The third-order valence-electron chi connectivity index (χ3n) is 3.67. The average molecular weight is 342 g/mol. The molecule has 1 aromatic carbocycles. The lowest BCUT2D eigenvalue weighted by molar-refractivity contribution is 0.251. The highest BCUT2D eigenvalue weighted by atomic mass is 16.5. The summed E-state index contributed by atoms with van der Waals surface area (Å²) in [6.07, 6.45) is 3.75. The van der Waals surface area contributed by atoms with Crippen LogP contribution in [0, 0.1) is 0 Å². The average Bonchev–Trinajstić information content (AvgIpc) is 3.44. The number of benzene rings is 1. The maximum atomic E-state index is 11.6. The number of nitrogens with zero attached hydrogens (tertiary/aromatic N) is 1. The summed E-state index contributed by atoms with van der Waals surface area (Å²) in [5.74, 6) is 2.32. The maximum Gasteiger partial charge on any atom is 0.319 e. The van der Waals surface area contributed by atoms with E-state index in [-0.39, 0.29) is 6.03 Å². The molecule has 0 radical (unpaired) electrons. The SMILES string of the molecule is COc1ccc(OCCNc2ccc(NC(=O)NC3CC3)cn2)cc1. The summed E-state index contributed by atoms with van der Waals surface area (Å²) in [6, 6.07) is 11.2. The molecule has 132 valence electrons. The van der Waals surface area contributed by atoms with E-state index in [0.29, 0.717) is 24.9 Å². The number of anilines is 2. The number of hydrogen-bond acceptors (Lipinski definition) is 5. The third-order valence-corrected chi connectivity index (χ3v) is 3.67. The normalized spacial score (nSPS) is 13.0. The van der Waals surface area contributed by atoms with E-state index in [1.54, 1.807) is 13.3 Å². The Kier molecular flexibility index (Phi) is 5.56. The summed E-state index contributed by atoms with van der Waals surface area (Å²) >= 11 is 0. The first-order valence-corrected chi connectivity index (χ1v) is 8.27. The van der Waals surface area contributed by atoms with Crippen LogP contribution >= 0.6 is 0 Å². The van der Waals surface area contributed by atoms with Gasteiger partial charge in [0.05, 0.1) is 25.5 Å². The quantitative estimate of drug-likeness (QED) is 0.643. The summed E-state index contributed by atoms with van der Waals surface area (Å²) in [4.78, 5) is 15.9. The van der Waals surface area contributed by atoms with Gasteiger partial charge in [-0.1, -0.05) is 0 Å². The number of aromatic nitrogens is 1. The van der Waals surface area contributed by atoms with Gasteiger partial charge in [-0.15, -0.1) is 0 Å². The van der Waals surface area contributed by atoms with Gasteiger partial charge in [-0.25, -0.2) is 9.78 Å². The molecular formula is C18H22N4O3. The molecule has 1 fully saturated rings. The second kappa shape index (κ2) is 8.23. The standard InChI is InChI=1S/C18H22N4O3/c1-24-15-5-7-16(8-6-15)25-11-10-19-17-9-4-14(12-20-17)22-18(23)21-13-2-3-13/h4-9,12-13H,2-3,10-11H2,1H3,(H,19,20)(H2,21,22,23). The molecular weight excluding hydrogens is 320 g/mol. The number of urea groups is 1. The van der Waals surface area contributed by atoms with Crippen LogP contribution in [0.15, 0.2) is 42.6 Å². The first-order valence-electron chi connectivity index (χ1n) is 8.27. The molecule has 1 heterocycles. The Balaban J connectivity index is 1.36. The first kappa shape index (κ1) is 16.9. The van der Waals surface area contributed by atoms with Crippen LogP contribution in [0.4, 0.5) is 16.3 Å². The lowest BCUT2D eigenvalue weighted by Crippen LogP contribution is -2.30. The molecule has 7 heteroatoms. The number of ether oxygens (including phenoxy) is 2. The molecule has 0 spiro atoms. The number of pyridine rings is 1. The molecule has 0 aliphatic heterocycles. The summed E-state index contributed by atoms with van der Waals surface area (Å²) in [6.45, 7) is 1.13. The molecule has 1 aromatic heterocycles. The second-order valence-electron chi connectivity index (χ2n) is 5.76. The zero-order chi connectivity index (χ0) is 17.5. The zero-order valence-corrected chi connectivity index (χ0v) is 14.1. The minimum Gasteiger partial charge on any atom is -0.497 e. The largest absolute Gasteiger partial charge is 0.497 e. The van der Waals surface area contributed by atoms with Crippen LogP contribution in [0.3, 0.4) is 0 Å². The molecule has 2 amide bonds. The van der Waals surface area contributed by atoms with Crippen LogP contribution in [0.1, 0.15) is 12.8 Å². The molecule has 3 N–H and O–H groups in total. The van der Waals surface area contributed by atoms with Gasteiger partial charge in [-0.3, -0.25) is 0 Å². The van der Waals surface area contributed by atoms with Crippen LogP contribution in [-0.4, -0.2) is 37.3 Å². The molecule has 0 saturated heterocycles. The number of carbonyl (C=O) groups excluding carboxylic acids is 1. The fraction of sp³-hybridized carbons (Fsp3) is 0.333. The molecule has 7 nitrogen and oxygen atoms in total. The number of methoxy groups -OCH3 is 1. The van der Waals surface area contributed by atoms with Crippen molar-refractivity contribution < 1.29 is 14.3 Å². The Morgan fingerprint density at radius 1 is 1.16 bits per heavy atom. The Hall–Kier alpha value is -2.96. The number of nitrogens with one attached hydrogen (secondary N) is 3. The third kappa shape index (κ3) is 5.56. The fourth-order valence-electron chi connectivity index (χ4n) is 2.17. The summed E-state index contributed by atoms with van der Waals surface area (Å²) < 4.78 is 10.7. The number of carbonyl (C=O) groups is 1. The zero-order valence-electron chi connectivity index (χ0n) is 14.1.